The second kappa shape index (κ2) is 8.62. The van der Waals surface area contributed by atoms with E-state index in [1.807, 2.05) is 24.3 Å². The Morgan fingerprint density at radius 1 is 1.03 bits per heavy atom. The highest BCUT2D eigenvalue weighted by Gasteiger charge is 2.28. The number of rotatable bonds is 4. The Balaban J connectivity index is 1.34. The topological polar surface area (TPSA) is 55.4 Å². The molecule has 1 aliphatic rings. The second-order valence-corrected chi connectivity index (χ2v) is 6.84. The van der Waals surface area contributed by atoms with Crippen molar-refractivity contribution < 1.29 is 18.7 Å². The fourth-order valence-corrected chi connectivity index (χ4v) is 3.61. The predicted octanol–water partition coefficient (Wildman–Crippen LogP) is 4.53. The SMILES string of the molecule is O=Cc1ccc(C#CCNC(=O)OCC2c3ccccc3-c3ccccc32)cc1F. The lowest BCUT2D eigenvalue weighted by atomic mass is 9.98. The molecule has 0 atom stereocenters. The Labute approximate surface area is 173 Å². The number of ether oxygens (including phenoxy) is 1. The number of carbonyl (C=O) groups excluding carboxylic acids is 2. The molecule has 0 saturated carbocycles. The lowest BCUT2D eigenvalue weighted by Gasteiger charge is -2.14. The zero-order valence-corrected chi connectivity index (χ0v) is 16.0. The smallest absolute Gasteiger partial charge is 0.407 e. The van der Waals surface area contributed by atoms with Crippen molar-refractivity contribution in [3.05, 3.63) is 94.8 Å². The Kier molecular flexibility index (Phi) is 5.58. The number of halogens is 1. The molecule has 148 valence electrons. The zero-order chi connectivity index (χ0) is 20.9. The maximum Gasteiger partial charge on any atom is 0.407 e. The second-order valence-electron chi connectivity index (χ2n) is 6.84. The number of alkyl carbamates (subject to hydrolysis) is 1. The first-order chi connectivity index (χ1) is 14.7. The average molecular weight is 399 g/mol. The van der Waals surface area contributed by atoms with Crippen LogP contribution in [0.2, 0.25) is 0 Å². The van der Waals surface area contributed by atoms with Gasteiger partial charge in [0.2, 0.25) is 0 Å². The first-order valence-electron chi connectivity index (χ1n) is 9.50. The summed E-state index contributed by atoms with van der Waals surface area (Å²) < 4.78 is 19.0. The monoisotopic (exact) mass is 399 g/mol. The van der Waals surface area contributed by atoms with Gasteiger partial charge in [-0.25, -0.2) is 9.18 Å². The van der Waals surface area contributed by atoms with Gasteiger partial charge in [-0.05, 0) is 40.5 Å². The van der Waals surface area contributed by atoms with Gasteiger partial charge >= 0.3 is 6.09 Å². The Bertz CT molecular complexity index is 1130. The van der Waals surface area contributed by atoms with Crippen LogP contribution in [0.15, 0.2) is 66.7 Å². The van der Waals surface area contributed by atoms with Gasteiger partial charge in [0.1, 0.15) is 12.4 Å². The molecule has 0 spiro atoms. The minimum absolute atomic E-state index is 0.00598. The van der Waals surface area contributed by atoms with E-state index in [0.29, 0.717) is 11.8 Å². The van der Waals surface area contributed by atoms with Crippen LogP contribution in [0.5, 0.6) is 0 Å². The van der Waals surface area contributed by atoms with Crippen molar-refractivity contribution in [1.29, 1.82) is 0 Å². The van der Waals surface area contributed by atoms with Gasteiger partial charge in [0.05, 0.1) is 12.1 Å². The first kappa shape index (κ1) is 19.4. The van der Waals surface area contributed by atoms with Crippen LogP contribution >= 0.6 is 0 Å². The quantitative estimate of drug-likeness (QED) is 0.518. The van der Waals surface area contributed by atoms with E-state index in [1.165, 1.54) is 23.3 Å². The van der Waals surface area contributed by atoms with Crippen molar-refractivity contribution in [2.45, 2.75) is 5.92 Å². The number of carbonyl (C=O) groups is 2. The highest BCUT2D eigenvalue weighted by molar-refractivity contribution is 5.79. The number of nitrogens with one attached hydrogen (secondary N) is 1. The van der Waals surface area contributed by atoms with Crippen LogP contribution in [0.25, 0.3) is 11.1 Å². The molecule has 1 aliphatic carbocycles. The minimum atomic E-state index is -0.624. The van der Waals surface area contributed by atoms with Crippen LogP contribution in [-0.2, 0) is 4.74 Å². The summed E-state index contributed by atoms with van der Waals surface area (Å²) in [5, 5.41) is 2.58. The van der Waals surface area contributed by atoms with Crippen LogP contribution in [0.1, 0.15) is 33.0 Å². The molecule has 1 N–H and O–H groups in total. The van der Waals surface area contributed by atoms with E-state index in [2.05, 4.69) is 41.4 Å². The van der Waals surface area contributed by atoms with E-state index in [9.17, 15) is 14.0 Å². The summed E-state index contributed by atoms with van der Waals surface area (Å²) in [6.07, 6.45) is -0.112. The van der Waals surface area contributed by atoms with Crippen LogP contribution in [0, 0.1) is 17.7 Å². The van der Waals surface area contributed by atoms with Crippen molar-refractivity contribution in [1.82, 2.24) is 5.32 Å². The average Bonchev–Trinajstić information content (AvgIpc) is 3.09. The van der Waals surface area contributed by atoms with E-state index in [-0.39, 0.29) is 24.6 Å². The molecule has 1 amide bonds. The van der Waals surface area contributed by atoms with Gasteiger partial charge < -0.3 is 10.1 Å². The van der Waals surface area contributed by atoms with Gasteiger partial charge in [-0.3, -0.25) is 4.79 Å². The van der Waals surface area contributed by atoms with E-state index >= 15 is 0 Å². The van der Waals surface area contributed by atoms with Crippen molar-refractivity contribution in [3.63, 3.8) is 0 Å². The normalized spacial score (nSPS) is 11.6. The van der Waals surface area contributed by atoms with Gasteiger partial charge in [-0.2, -0.15) is 0 Å². The standard InChI is InChI=1S/C25H18FNO3/c26-24-14-17(11-12-18(24)15-28)6-5-13-27-25(29)30-16-23-21-9-3-1-7-19(21)20-8-2-4-10-22(20)23/h1-4,7-12,14-15,23H,13,16H2,(H,27,29). The van der Waals surface area contributed by atoms with Gasteiger partial charge in [-0.1, -0.05) is 60.4 Å². The number of fused-ring (bicyclic) bond motifs is 3. The van der Waals surface area contributed by atoms with E-state index in [4.69, 9.17) is 4.74 Å². The third kappa shape index (κ3) is 3.94. The molecular formula is C25H18FNO3. The molecule has 0 radical (unpaired) electrons. The van der Waals surface area contributed by atoms with Crippen LogP contribution in [0.4, 0.5) is 9.18 Å². The van der Waals surface area contributed by atoms with Crippen molar-refractivity contribution in [2.75, 3.05) is 13.2 Å². The van der Waals surface area contributed by atoms with Crippen LogP contribution in [0.3, 0.4) is 0 Å². The fraction of sp³-hybridized carbons (Fsp3) is 0.120. The highest BCUT2D eigenvalue weighted by atomic mass is 19.1. The molecule has 3 aromatic carbocycles. The van der Waals surface area contributed by atoms with Crippen LogP contribution in [-0.4, -0.2) is 25.5 Å². The zero-order valence-electron chi connectivity index (χ0n) is 16.0. The molecule has 0 aliphatic heterocycles. The summed E-state index contributed by atoms with van der Waals surface area (Å²) in [4.78, 5) is 22.7. The Morgan fingerprint density at radius 3 is 2.33 bits per heavy atom. The summed E-state index contributed by atoms with van der Waals surface area (Å²) in [6, 6.07) is 20.3. The van der Waals surface area contributed by atoms with Gasteiger partial charge in [0.15, 0.2) is 6.29 Å². The third-order valence-corrected chi connectivity index (χ3v) is 5.02. The van der Waals surface area contributed by atoms with E-state index in [0.717, 1.165) is 11.1 Å². The molecule has 4 rings (SSSR count). The molecule has 0 aromatic heterocycles. The lowest BCUT2D eigenvalue weighted by molar-refractivity contribution is 0.111. The third-order valence-electron chi connectivity index (χ3n) is 5.02. The summed E-state index contributed by atoms with van der Waals surface area (Å²) in [6.45, 7) is 0.291. The summed E-state index contributed by atoms with van der Waals surface area (Å²) in [5.41, 5.74) is 5.03. The number of amides is 1. The first-order valence-corrected chi connectivity index (χ1v) is 9.50. The molecule has 4 nitrogen and oxygen atoms in total. The summed E-state index contributed by atoms with van der Waals surface area (Å²) >= 11 is 0. The molecule has 0 unspecified atom stereocenters. The molecule has 30 heavy (non-hydrogen) atoms. The van der Waals surface area contributed by atoms with Gasteiger partial charge in [0.25, 0.3) is 0 Å². The van der Waals surface area contributed by atoms with E-state index in [1.54, 1.807) is 6.07 Å². The highest BCUT2D eigenvalue weighted by Crippen LogP contribution is 2.44. The number of benzene rings is 3. The predicted molar refractivity (Wildman–Crippen MR) is 112 cm³/mol. The molecule has 0 fully saturated rings. The summed E-state index contributed by atoms with van der Waals surface area (Å²) in [7, 11) is 0. The number of hydrogen-bond acceptors (Lipinski definition) is 3. The van der Waals surface area contributed by atoms with Gasteiger partial charge in [0, 0.05) is 11.5 Å². The minimum Gasteiger partial charge on any atom is -0.449 e. The lowest BCUT2D eigenvalue weighted by Crippen LogP contribution is -2.26. The summed E-state index contributed by atoms with van der Waals surface area (Å²) in [5.74, 6) is 4.85. The van der Waals surface area contributed by atoms with Crippen molar-refractivity contribution >= 4 is 12.4 Å². The Morgan fingerprint density at radius 2 is 1.70 bits per heavy atom. The fourth-order valence-electron chi connectivity index (χ4n) is 3.61. The molecule has 3 aromatic rings. The molecule has 5 heteroatoms. The maximum atomic E-state index is 13.6. The molecule has 0 heterocycles. The van der Waals surface area contributed by atoms with Crippen molar-refractivity contribution in [3.8, 4) is 23.0 Å². The van der Waals surface area contributed by atoms with Crippen LogP contribution < -0.4 is 5.32 Å². The molecule has 0 saturated heterocycles. The Hall–Kier alpha value is -3.91. The maximum absolute atomic E-state index is 13.6. The van der Waals surface area contributed by atoms with Gasteiger partial charge in [-0.15, -0.1) is 0 Å². The number of hydrogen-bond donors (Lipinski definition) is 1. The largest absolute Gasteiger partial charge is 0.449 e. The molecular weight excluding hydrogens is 381 g/mol. The van der Waals surface area contributed by atoms with E-state index < -0.39 is 11.9 Å². The molecule has 0 bridgehead atoms. The van der Waals surface area contributed by atoms with Crippen molar-refractivity contribution in [2.24, 2.45) is 0 Å². The number of aldehydes is 1.